The number of aromatic amines is 1. The molecule has 7 heteroatoms. The lowest BCUT2D eigenvalue weighted by Gasteiger charge is -2.02. The van der Waals surface area contributed by atoms with Crippen LogP contribution in [-0.2, 0) is 7.05 Å². The van der Waals surface area contributed by atoms with Gasteiger partial charge in [0.2, 0.25) is 5.82 Å². The van der Waals surface area contributed by atoms with Gasteiger partial charge in [-0.1, -0.05) is 15.9 Å². The minimum absolute atomic E-state index is 0.0135. The van der Waals surface area contributed by atoms with Crippen LogP contribution in [0.2, 0.25) is 0 Å². The Bertz CT molecular complexity index is 600. The summed E-state index contributed by atoms with van der Waals surface area (Å²) in [7, 11) is 1.47. The van der Waals surface area contributed by atoms with Crippen molar-refractivity contribution in [1.29, 1.82) is 0 Å². The molecule has 0 aliphatic rings. The summed E-state index contributed by atoms with van der Waals surface area (Å²) in [6.07, 6.45) is 0. The molecule has 88 valence electrons. The molecule has 1 aromatic heterocycles. The van der Waals surface area contributed by atoms with Gasteiger partial charge in [-0.05, 0) is 24.3 Å². The molecule has 0 radical (unpaired) electrons. The monoisotopic (exact) mass is 296 g/mol. The fraction of sp³-hybridized carbons (Fsp3) is 0.100. The standard InChI is InChI=1S/C10H9BrN4O2/c1-15-10(17)13-8(14-15)9(16)12-7-4-2-6(11)3-5-7/h2-5H,1H3,(H,12,16)(H,13,14,17). The van der Waals surface area contributed by atoms with Crippen LogP contribution in [0.25, 0.3) is 0 Å². The van der Waals surface area contributed by atoms with Gasteiger partial charge in [-0.25, -0.2) is 9.48 Å². The third-order valence-corrected chi connectivity index (χ3v) is 2.62. The van der Waals surface area contributed by atoms with Gasteiger partial charge in [0.15, 0.2) is 0 Å². The number of nitrogens with one attached hydrogen (secondary N) is 2. The fourth-order valence-electron chi connectivity index (χ4n) is 1.23. The van der Waals surface area contributed by atoms with E-state index in [4.69, 9.17) is 0 Å². The molecule has 0 bridgehead atoms. The first-order valence-electron chi connectivity index (χ1n) is 4.76. The zero-order valence-corrected chi connectivity index (χ0v) is 10.5. The Morgan fingerprint density at radius 1 is 1.41 bits per heavy atom. The first-order valence-corrected chi connectivity index (χ1v) is 5.56. The topological polar surface area (TPSA) is 79.8 Å². The molecular formula is C10H9BrN4O2. The van der Waals surface area contributed by atoms with Crippen LogP contribution in [0, 0.1) is 0 Å². The number of halogens is 1. The van der Waals surface area contributed by atoms with Crippen molar-refractivity contribution in [2.75, 3.05) is 5.32 Å². The largest absolute Gasteiger partial charge is 0.343 e. The van der Waals surface area contributed by atoms with Crippen LogP contribution in [0.15, 0.2) is 33.5 Å². The molecule has 0 aliphatic carbocycles. The van der Waals surface area contributed by atoms with Crippen molar-refractivity contribution < 1.29 is 4.79 Å². The van der Waals surface area contributed by atoms with E-state index >= 15 is 0 Å². The van der Waals surface area contributed by atoms with Crippen LogP contribution < -0.4 is 11.0 Å². The predicted molar refractivity (Wildman–Crippen MR) is 65.9 cm³/mol. The Balaban J connectivity index is 2.17. The van der Waals surface area contributed by atoms with Gasteiger partial charge in [-0.15, -0.1) is 5.10 Å². The van der Waals surface area contributed by atoms with Gasteiger partial charge < -0.3 is 5.32 Å². The Morgan fingerprint density at radius 3 is 2.59 bits per heavy atom. The van der Waals surface area contributed by atoms with E-state index in [2.05, 4.69) is 31.3 Å². The van der Waals surface area contributed by atoms with E-state index in [1.54, 1.807) is 24.3 Å². The highest BCUT2D eigenvalue weighted by molar-refractivity contribution is 9.10. The normalized spacial score (nSPS) is 10.2. The maximum atomic E-state index is 11.7. The van der Waals surface area contributed by atoms with Crippen LogP contribution in [0.5, 0.6) is 0 Å². The van der Waals surface area contributed by atoms with Crippen molar-refractivity contribution in [3.8, 4) is 0 Å². The zero-order chi connectivity index (χ0) is 12.4. The van der Waals surface area contributed by atoms with Gasteiger partial charge in [0.25, 0.3) is 5.91 Å². The number of amides is 1. The number of benzene rings is 1. The molecule has 0 unspecified atom stereocenters. The van der Waals surface area contributed by atoms with Gasteiger partial charge in [-0.2, -0.15) is 0 Å². The molecule has 6 nitrogen and oxygen atoms in total. The zero-order valence-electron chi connectivity index (χ0n) is 8.90. The molecule has 1 amide bonds. The Kier molecular flexibility index (Phi) is 3.10. The number of aromatic nitrogens is 3. The fourth-order valence-corrected chi connectivity index (χ4v) is 1.49. The summed E-state index contributed by atoms with van der Waals surface area (Å²) in [5.74, 6) is -0.467. The Hall–Kier alpha value is -1.89. The number of anilines is 1. The molecule has 0 saturated heterocycles. The van der Waals surface area contributed by atoms with Gasteiger partial charge in [-0.3, -0.25) is 9.78 Å². The molecule has 0 fully saturated rings. The maximum absolute atomic E-state index is 11.7. The van der Waals surface area contributed by atoms with E-state index in [0.717, 1.165) is 9.15 Å². The quantitative estimate of drug-likeness (QED) is 0.872. The minimum atomic E-state index is -0.454. The summed E-state index contributed by atoms with van der Waals surface area (Å²) in [6, 6.07) is 7.08. The predicted octanol–water partition coefficient (Wildman–Crippen LogP) is 1.12. The number of carbonyl (C=O) groups is 1. The number of hydrogen-bond donors (Lipinski definition) is 2. The van der Waals surface area contributed by atoms with Crippen molar-refractivity contribution in [2.45, 2.75) is 0 Å². The number of carbonyl (C=O) groups excluding carboxylic acids is 1. The molecular weight excluding hydrogens is 288 g/mol. The molecule has 2 rings (SSSR count). The second-order valence-electron chi connectivity index (χ2n) is 3.36. The minimum Gasteiger partial charge on any atom is -0.319 e. The summed E-state index contributed by atoms with van der Waals surface area (Å²) in [5.41, 5.74) is 0.204. The Labute approximate surface area is 105 Å². The van der Waals surface area contributed by atoms with E-state index in [9.17, 15) is 9.59 Å². The highest BCUT2D eigenvalue weighted by atomic mass is 79.9. The third kappa shape index (κ3) is 2.62. The second-order valence-corrected chi connectivity index (χ2v) is 4.28. The van der Waals surface area contributed by atoms with E-state index in [1.807, 2.05) is 0 Å². The summed E-state index contributed by atoms with van der Waals surface area (Å²) in [6.45, 7) is 0. The second kappa shape index (κ2) is 4.54. The highest BCUT2D eigenvalue weighted by Crippen LogP contribution is 2.14. The number of hydrogen-bond acceptors (Lipinski definition) is 3. The molecule has 1 heterocycles. The lowest BCUT2D eigenvalue weighted by Crippen LogP contribution is -2.14. The van der Waals surface area contributed by atoms with E-state index < -0.39 is 11.6 Å². The van der Waals surface area contributed by atoms with Crippen molar-refractivity contribution in [1.82, 2.24) is 14.8 Å². The molecule has 2 N–H and O–H groups in total. The van der Waals surface area contributed by atoms with Crippen molar-refractivity contribution in [3.05, 3.63) is 45.0 Å². The number of H-pyrrole nitrogens is 1. The summed E-state index contributed by atoms with van der Waals surface area (Å²) < 4.78 is 1.98. The molecule has 1 aromatic carbocycles. The molecule has 0 spiro atoms. The van der Waals surface area contributed by atoms with Gasteiger partial charge in [0.05, 0.1) is 0 Å². The van der Waals surface area contributed by atoms with Crippen LogP contribution in [-0.4, -0.2) is 20.7 Å². The number of nitrogens with zero attached hydrogens (tertiary/aromatic N) is 2. The summed E-state index contributed by atoms with van der Waals surface area (Å²) in [4.78, 5) is 25.1. The molecule has 17 heavy (non-hydrogen) atoms. The van der Waals surface area contributed by atoms with E-state index in [1.165, 1.54) is 7.05 Å². The van der Waals surface area contributed by atoms with E-state index in [0.29, 0.717) is 5.69 Å². The van der Waals surface area contributed by atoms with Gasteiger partial charge in [0, 0.05) is 17.2 Å². The molecule has 0 atom stereocenters. The molecule has 0 saturated carbocycles. The smallest absolute Gasteiger partial charge is 0.319 e. The molecule has 2 aromatic rings. The lowest BCUT2D eigenvalue weighted by atomic mass is 10.3. The van der Waals surface area contributed by atoms with Crippen molar-refractivity contribution in [3.63, 3.8) is 0 Å². The highest BCUT2D eigenvalue weighted by Gasteiger charge is 2.11. The first kappa shape index (κ1) is 11.6. The van der Waals surface area contributed by atoms with Crippen molar-refractivity contribution in [2.24, 2.45) is 7.05 Å². The maximum Gasteiger partial charge on any atom is 0.343 e. The Morgan fingerprint density at radius 2 is 2.06 bits per heavy atom. The van der Waals surface area contributed by atoms with Gasteiger partial charge in [0.1, 0.15) is 0 Å². The lowest BCUT2D eigenvalue weighted by molar-refractivity contribution is 0.101. The summed E-state index contributed by atoms with van der Waals surface area (Å²) in [5, 5.41) is 6.37. The SMILES string of the molecule is Cn1nc(C(=O)Nc2ccc(Br)cc2)[nH]c1=O. The van der Waals surface area contributed by atoms with E-state index in [-0.39, 0.29) is 5.82 Å². The average molecular weight is 297 g/mol. The van der Waals surface area contributed by atoms with Crippen LogP contribution >= 0.6 is 15.9 Å². The first-order chi connectivity index (χ1) is 8.06. The average Bonchev–Trinajstić information content (AvgIpc) is 2.63. The van der Waals surface area contributed by atoms with Crippen molar-refractivity contribution >= 4 is 27.5 Å². The van der Waals surface area contributed by atoms with Crippen LogP contribution in [0.4, 0.5) is 5.69 Å². The van der Waals surface area contributed by atoms with Crippen LogP contribution in [0.3, 0.4) is 0 Å². The number of rotatable bonds is 2. The third-order valence-electron chi connectivity index (χ3n) is 2.09. The number of aryl methyl sites for hydroxylation is 1. The van der Waals surface area contributed by atoms with Gasteiger partial charge >= 0.3 is 5.69 Å². The van der Waals surface area contributed by atoms with Crippen LogP contribution in [0.1, 0.15) is 10.6 Å². The summed E-state index contributed by atoms with van der Waals surface area (Å²) >= 11 is 3.29. The molecule has 0 aliphatic heterocycles.